The van der Waals surface area contributed by atoms with Gasteiger partial charge in [-0.05, 0) is 30.7 Å². The molecule has 1 aromatic carbocycles. The summed E-state index contributed by atoms with van der Waals surface area (Å²) >= 11 is 1.78. The van der Waals surface area contributed by atoms with Gasteiger partial charge in [0.1, 0.15) is 5.75 Å². The quantitative estimate of drug-likeness (QED) is 0.879. The topological polar surface area (TPSA) is 41.6 Å². The maximum absolute atomic E-state index is 11.9. The van der Waals surface area contributed by atoms with Crippen molar-refractivity contribution in [2.75, 3.05) is 30.6 Å². The van der Waals surface area contributed by atoms with Gasteiger partial charge in [0.15, 0.2) is 0 Å². The van der Waals surface area contributed by atoms with Gasteiger partial charge in [0.05, 0.1) is 13.0 Å². The Hall–Kier alpha value is -1.36. The number of carbonyl (C=O) groups is 1. The summed E-state index contributed by atoms with van der Waals surface area (Å²) in [5.41, 5.74) is 1.84. The third-order valence-electron chi connectivity index (χ3n) is 2.72. The number of carbonyl (C=O) groups excluding carboxylic acids is 1. The van der Waals surface area contributed by atoms with E-state index >= 15 is 0 Å². The first-order valence-corrected chi connectivity index (χ1v) is 6.64. The maximum Gasteiger partial charge on any atom is 0.322 e. The summed E-state index contributed by atoms with van der Waals surface area (Å²) in [6.07, 6.45) is 0. The molecule has 5 heteroatoms. The number of benzene rings is 1. The number of nitrogens with one attached hydrogen (secondary N) is 1. The van der Waals surface area contributed by atoms with E-state index in [1.54, 1.807) is 18.9 Å². The molecule has 0 atom stereocenters. The normalized spacial score (nSPS) is 14.8. The Kier molecular flexibility index (Phi) is 3.78. The minimum absolute atomic E-state index is 0.0248. The number of methoxy groups -OCH3 is 1. The number of anilines is 1. The molecule has 0 spiro atoms. The van der Waals surface area contributed by atoms with Crippen LogP contribution in [0.3, 0.4) is 0 Å². The molecular weight excluding hydrogens is 236 g/mol. The van der Waals surface area contributed by atoms with Crippen LogP contribution in [-0.4, -0.2) is 36.2 Å². The van der Waals surface area contributed by atoms with E-state index in [1.807, 2.05) is 30.0 Å². The Bertz CT molecular complexity index is 417. The number of thioether (sulfide) groups is 1. The van der Waals surface area contributed by atoms with Gasteiger partial charge in [0.25, 0.3) is 0 Å². The monoisotopic (exact) mass is 252 g/mol. The van der Waals surface area contributed by atoms with Crippen LogP contribution < -0.4 is 10.1 Å². The molecule has 4 nitrogen and oxygen atoms in total. The fraction of sp³-hybridized carbons (Fsp3) is 0.417. The van der Waals surface area contributed by atoms with Crippen molar-refractivity contribution in [1.29, 1.82) is 0 Å². The Balaban J connectivity index is 2.05. The Labute approximate surface area is 105 Å². The predicted octanol–water partition coefficient (Wildman–Crippen LogP) is 2.54. The van der Waals surface area contributed by atoms with E-state index in [4.69, 9.17) is 4.74 Å². The van der Waals surface area contributed by atoms with E-state index in [0.717, 1.165) is 35.2 Å². The van der Waals surface area contributed by atoms with E-state index in [2.05, 4.69) is 5.32 Å². The van der Waals surface area contributed by atoms with Crippen LogP contribution in [0.15, 0.2) is 18.2 Å². The maximum atomic E-state index is 11.9. The van der Waals surface area contributed by atoms with Crippen LogP contribution in [0.1, 0.15) is 5.56 Å². The predicted molar refractivity (Wildman–Crippen MR) is 70.8 cm³/mol. The van der Waals surface area contributed by atoms with Crippen LogP contribution in [0.5, 0.6) is 5.75 Å². The molecule has 0 bridgehead atoms. The number of hydrogen-bond donors (Lipinski definition) is 1. The van der Waals surface area contributed by atoms with Gasteiger partial charge in [0.2, 0.25) is 0 Å². The molecule has 0 aromatic heterocycles. The SMILES string of the molecule is COc1ccc(NC(=O)N2CCSC2)c(C)c1. The number of aryl methyl sites for hydroxylation is 1. The first-order valence-electron chi connectivity index (χ1n) is 5.49. The van der Waals surface area contributed by atoms with E-state index in [0.29, 0.717) is 0 Å². The summed E-state index contributed by atoms with van der Waals surface area (Å²) in [6.45, 7) is 2.78. The first kappa shape index (κ1) is 12.1. The molecule has 1 heterocycles. The highest BCUT2D eigenvalue weighted by molar-refractivity contribution is 7.99. The van der Waals surface area contributed by atoms with Gasteiger partial charge in [-0.1, -0.05) is 0 Å². The van der Waals surface area contributed by atoms with E-state index < -0.39 is 0 Å². The van der Waals surface area contributed by atoms with Crippen molar-refractivity contribution in [3.8, 4) is 5.75 Å². The average Bonchev–Trinajstić information content (AvgIpc) is 2.85. The van der Waals surface area contributed by atoms with Crippen LogP contribution in [0.4, 0.5) is 10.5 Å². The molecular formula is C12H16N2O2S. The summed E-state index contributed by atoms with van der Waals surface area (Å²) in [7, 11) is 1.63. The summed E-state index contributed by atoms with van der Waals surface area (Å²) in [5.74, 6) is 2.60. The van der Waals surface area contributed by atoms with Crippen molar-refractivity contribution >= 4 is 23.5 Å². The van der Waals surface area contributed by atoms with Gasteiger partial charge in [-0.15, -0.1) is 11.8 Å². The highest BCUT2D eigenvalue weighted by Crippen LogP contribution is 2.22. The lowest BCUT2D eigenvalue weighted by molar-refractivity contribution is 0.225. The van der Waals surface area contributed by atoms with Crippen LogP contribution in [-0.2, 0) is 0 Å². The standard InChI is InChI=1S/C12H16N2O2S/c1-9-7-10(16-2)3-4-11(9)13-12(15)14-5-6-17-8-14/h3-4,7H,5-6,8H2,1-2H3,(H,13,15). The molecule has 17 heavy (non-hydrogen) atoms. The zero-order valence-corrected chi connectivity index (χ0v) is 10.8. The van der Waals surface area contributed by atoms with E-state index in [1.165, 1.54) is 0 Å². The van der Waals surface area contributed by atoms with Gasteiger partial charge in [-0.2, -0.15) is 0 Å². The lowest BCUT2D eigenvalue weighted by Crippen LogP contribution is -2.32. The largest absolute Gasteiger partial charge is 0.497 e. The highest BCUT2D eigenvalue weighted by atomic mass is 32.2. The summed E-state index contributed by atoms with van der Waals surface area (Å²) in [6, 6.07) is 5.61. The third kappa shape index (κ3) is 2.85. The lowest BCUT2D eigenvalue weighted by atomic mass is 10.2. The van der Waals surface area contributed by atoms with Crippen LogP contribution in [0, 0.1) is 6.92 Å². The van der Waals surface area contributed by atoms with E-state index in [9.17, 15) is 4.79 Å². The molecule has 0 unspecified atom stereocenters. The average molecular weight is 252 g/mol. The van der Waals surface area contributed by atoms with E-state index in [-0.39, 0.29) is 6.03 Å². The molecule has 1 saturated heterocycles. The number of nitrogens with zero attached hydrogens (tertiary/aromatic N) is 1. The molecule has 2 amide bonds. The number of urea groups is 1. The van der Waals surface area contributed by atoms with Crippen molar-refractivity contribution in [2.24, 2.45) is 0 Å². The molecule has 0 saturated carbocycles. The summed E-state index contributed by atoms with van der Waals surface area (Å²) in [5, 5.41) is 2.92. The molecule has 0 aliphatic carbocycles. The number of rotatable bonds is 2. The summed E-state index contributed by atoms with van der Waals surface area (Å²) < 4.78 is 5.13. The van der Waals surface area contributed by atoms with Gasteiger partial charge in [0, 0.05) is 18.0 Å². The van der Waals surface area contributed by atoms with Crippen molar-refractivity contribution in [3.05, 3.63) is 23.8 Å². The number of amides is 2. The fourth-order valence-electron chi connectivity index (χ4n) is 1.67. The van der Waals surface area contributed by atoms with Gasteiger partial charge in [-0.3, -0.25) is 0 Å². The van der Waals surface area contributed by atoms with Crippen LogP contribution in [0.2, 0.25) is 0 Å². The van der Waals surface area contributed by atoms with Crippen molar-refractivity contribution in [2.45, 2.75) is 6.92 Å². The Morgan fingerprint density at radius 1 is 1.53 bits per heavy atom. The Morgan fingerprint density at radius 3 is 2.94 bits per heavy atom. The van der Waals surface area contributed by atoms with Gasteiger partial charge < -0.3 is 15.0 Å². The zero-order valence-electron chi connectivity index (χ0n) is 10.0. The second-order valence-corrected chi connectivity index (χ2v) is 4.99. The smallest absolute Gasteiger partial charge is 0.322 e. The first-order chi connectivity index (χ1) is 8.20. The minimum Gasteiger partial charge on any atom is -0.497 e. The summed E-state index contributed by atoms with van der Waals surface area (Å²) in [4.78, 5) is 13.7. The van der Waals surface area contributed by atoms with Gasteiger partial charge in [-0.25, -0.2) is 4.79 Å². The fourth-order valence-corrected chi connectivity index (χ4v) is 2.62. The van der Waals surface area contributed by atoms with Crippen molar-refractivity contribution in [1.82, 2.24) is 4.90 Å². The highest BCUT2D eigenvalue weighted by Gasteiger charge is 2.18. The molecule has 2 rings (SSSR count). The van der Waals surface area contributed by atoms with Crippen LogP contribution in [0.25, 0.3) is 0 Å². The molecule has 1 N–H and O–H groups in total. The van der Waals surface area contributed by atoms with Crippen LogP contribution >= 0.6 is 11.8 Å². The second-order valence-electron chi connectivity index (χ2n) is 3.91. The van der Waals surface area contributed by atoms with Gasteiger partial charge >= 0.3 is 6.03 Å². The molecule has 0 radical (unpaired) electrons. The number of ether oxygens (including phenoxy) is 1. The Morgan fingerprint density at radius 2 is 2.35 bits per heavy atom. The molecule has 92 valence electrons. The zero-order chi connectivity index (χ0) is 12.3. The lowest BCUT2D eigenvalue weighted by Gasteiger charge is -2.16. The van der Waals surface area contributed by atoms with Crippen molar-refractivity contribution in [3.63, 3.8) is 0 Å². The minimum atomic E-state index is -0.0248. The second kappa shape index (κ2) is 5.31. The molecule has 1 aliphatic rings. The number of hydrogen-bond acceptors (Lipinski definition) is 3. The third-order valence-corrected chi connectivity index (χ3v) is 3.68. The molecule has 1 aromatic rings. The molecule has 1 fully saturated rings. The van der Waals surface area contributed by atoms with Crippen molar-refractivity contribution < 1.29 is 9.53 Å². The molecule has 1 aliphatic heterocycles.